The van der Waals surface area contributed by atoms with Crippen LogP contribution in [0.15, 0.2) is 24.3 Å². The quantitative estimate of drug-likeness (QED) is 0.780. The minimum absolute atomic E-state index is 0.0431. The Hall–Kier alpha value is -1.42. The summed E-state index contributed by atoms with van der Waals surface area (Å²) in [5.74, 6) is 0.486. The molecule has 4 rings (SSSR count). The highest BCUT2D eigenvalue weighted by Gasteiger charge is 2.74. The zero-order valence-electron chi connectivity index (χ0n) is 12.6. The predicted octanol–water partition coefficient (Wildman–Crippen LogP) is 2.38. The number of hydrogen-bond acceptors (Lipinski definition) is 2. The molecular formula is C17H21FN2O. The first-order valence-corrected chi connectivity index (χ1v) is 7.81. The van der Waals surface area contributed by atoms with Crippen molar-refractivity contribution >= 4 is 5.91 Å². The van der Waals surface area contributed by atoms with E-state index in [1.165, 1.54) is 5.56 Å². The van der Waals surface area contributed by atoms with E-state index in [1.807, 2.05) is 31.1 Å². The Bertz CT molecular complexity index is 585. The van der Waals surface area contributed by atoms with Gasteiger partial charge in [-0.05, 0) is 51.1 Å². The molecule has 2 aliphatic heterocycles. The third-order valence-corrected chi connectivity index (χ3v) is 5.81. The molecule has 3 aliphatic rings. The van der Waals surface area contributed by atoms with E-state index >= 15 is 0 Å². The molecule has 4 heteroatoms. The van der Waals surface area contributed by atoms with Crippen LogP contribution in [0.3, 0.4) is 0 Å². The van der Waals surface area contributed by atoms with Crippen molar-refractivity contribution in [1.29, 1.82) is 0 Å². The second kappa shape index (κ2) is 4.29. The number of likely N-dealkylation sites (N-methyl/N-ethyl adjacent to an activating group) is 1. The van der Waals surface area contributed by atoms with Crippen LogP contribution in [0.25, 0.3) is 0 Å². The Morgan fingerprint density at radius 3 is 2.57 bits per heavy atom. The number of rotatable bonds is 2. The molecule has 3 unspecified atom stereocenters. The van der Waals surface area contributed by atoms with Gasteiger partial charge in [0.05, 0.1) is 17.6 Å². The Labute approximate surface area is 124 Å². The van der Waals surface area contributed by atoms with Crippen molar-refractivity contribution in [2.24, 2.45) is 0 Å². The van der Waals surface area contributed by atoms with Crippen LogP contribution >= 0.6 is 0 Å². The number of benzene rings is 1. The lowest BCUT2D eigenvalue weighted by atomic mass is 9.83. The van der Waals surface area contributed by atoms with Gasteiger partial charge < -0.3 is 4.90 Å². The smallest absolute Gasteiger partial charge is 0.240 e. The molecule has 1 amide bonds. The molecule has 3 fully saturated rings. The van der Waals surface area contributed by atoms with E-state index in [2.05, 4.69) is 4.90 Å². The van der Waals surface area contributed by atoms with E-state index in [9.17, 15) is 9.18 Å². The number of carbonyl (C=O) groups excluding carboxylic acids is 1. The molecule has 112 valence electrons. The van der Waals surface area contributed by atoms with Gasteiger partial charge in [0.25, 0.3) is 0 Å². The number of hydrogen-bond donors (Lipinski definition) is 0. The van der Waals surface area contributed by atoms with Crippen molar-refractivity contribution in [2.75, 3.05) is 14.1 Å². The van der Waals surface area contributed by atoms with E-state index in [0.717, 1.165) is 25.7 Å². The number of halogens is 1. The molecule has 0 aromatic heterocycles. The first kappa shape index (κ1) is 13.3. The molecule has 1 aliphatic carbocycles. The summed E-state index contributed by atoms with van der Waals surface area (Å²) in [5, 5.41) is 0. The highest BCUT2D eigenvalue weighted by atomic mass is 19.1. The Morgan fingerprint density at radius 2 is 2.00 bits per heavy atom. The highest BCUT2D eigenvalue weighted by Crippen LogP contribution is 2.64. The fraction of sp³-hybridized carbons (Fsp3) is 0.588. The zero-order chi connectivity index (χ0) is 14.8. The summed E-state index contributed by atoms with van der Waals surface area (Å²) in [5.41, 5.74) is 1.24. The molecule has 1 aromatic carbocycles. The van der Waals surface area contributed by atoms with Gasteiger partial charge in [-0.3, -0.25) is 9.69 Å². The Balaban J connectivity index is 1.62. The van der Waals surface area contributed by atoms with Gasteiger partial charge in [0.2, 0.25) is 5.91 Å². The van der Waals surface area contributed by atoms with Gasteiger partial charge in [-0.2, -0.15) is 0 Å². The van der Waals surface area contributed by atoms with Crippen LogP contribution < -0.4 is 0 Å². The van der Waals surface area contributed by atoms with Crippen molar-refractivity contribution in [1.82, 2.24) is 9.80 Å². The molecule has 1 aromatic rings. The van der Waals surface area contributed by atoms with Gasteiger partial charge in [-0.15, -0.1) is 0 Å². The first-order valence-electron chi connectivity index (χ1n) is 7.81. The van der Waals surface area contributed by atoms with Crippen LogP contribution in [-0.2, 0) is 4.79 Å². The van der Waals surface area contributed by atoms with E-state index in [1.54, 1.807) is 12.1 Å². The van der Waals surface area contributed by atoms with E-state index in [0.29, 0.717) is 17.9 Å². The molecular weight excluding hydrogens is 267 g/mol. The number of fused-ring (bicyclic) bond motifs is 3. The van der Waals surface area contributed by atoms with E-state index < -0.39 is 0 Å². The molecule has 21 heavy (non-hydrogen) atoms. The summed E-state index contributed by atoms with van der Waals surface area (Å²) < 4.78 is 13.1. The normalized spacial score (nSPS) is 37.6. The minimum atomic E-state index is -0.189. The fourth-order valence-corrected chi connectivity index (χ4v) is 4.83. The van der Waals surface area contributed by atoms with Gasteiger partial charge in [0.15, 0.2) is 0 Å². The molecule has 4 atom stereocenters. The second-order valence-electron chi connectivity index (χ2n) is 6.93. The molecule has 3 nitrogen and oxygen atoms in total. The van der Waals surface area contributed by atoms with Crippen molar-refractivity contribution in [3.63, 3.8) is 0 Å². The van der Waals surface area contributed by atoms with Crippen LogP contribution in [0.2, 0.25) is 0 Å². The fourth-order valence-electron chi connectivity index (χ4n) is 4.83. The van der Waals surface area contributed by atoms with E-state index in [-0.39, 0.29) is 17.4 Å². The van der Waals surface area contributed by atoms with Crippen LogP contribution in [0.4, 0.5) is 4.39 Å². The highest BCUT2D eigenvalue weighted by molar-refractivity contribution is 5.90. The number of carbonyl (C=O) groups is 1. The molecule has 0 bridgehead atoms. The average molecular weight is 288 g/mol. The zero-order valence-corrected chi connectivity index (χ0v) is 12.6. The van der Waals surface area contributed by atoms with Gasteiger partial charge >= 0.3 is 0 Å². The SMILES string of the molecule is CN(C)C1C[C@H]2N(C1=O)C21CCCC1c1ccc(F)cc1. The standard InChI is InChI=1S/C17H21FN2O/c1-19(2)14-10-15-17(20(15)16(14)21)9-3-4-13(17)11-5-7-12(18)8-6-11/h5-8,13-15H,3-4,9-10H2,1-2H3/t13?,14?,15-,17?,20?/m1/s1. The summed E-state index contributed by atoms with van der Waals surface area (Å²) in [7, 11) is 3.96. The first-order chi connectivity index (χ1) is 10.1. The second-order valence-corrected chi connectivity index (χ2v) is 6.93. The number of nitrogens with zero attached hydrogens (tertiary/aromatic N) is 2. The third-order valence-electron chi connectivity index (χ3n) is 5.81. The van der Waals surface area contributed by atoms with E-state index in [4.69, 9.17) is 0 Å². The van der Waals surface area contributed by atoms with Crippen LogP contribution in [0.5, 0.6) is 0 Å². The number of amides is 1. The average Bonchev–Trinajstić information content (AvgIpc) is 2.72. The Kier molecular flexibility index (Phi) is 2.71. The lowest BCUT2D eigenvalue weighted by Gasteiger charge is -2.27. The van der Waals surface area contributed by atoms with Crippen LogP contribution in [0.1, 0.15) is 37.2 Å². The lowest BCUT2D eigenvalue weighted by molar-refractivity contribution is -0.129. The van der Waals surface area contributed by atoms with Gasteiger partial charge in [-0.25, -0.2) is 4.39 Å². The summed E-state index contributed by atoms with van der Waals surface area (Å²) in [4.78, 5) is 16.8. The summed E-state index contributed by atoms with van der Waals surface area (Å²) >= 11 is 0. The van der Waals surface area contributed by atoms with Crippen molar-refractivity contribution in [3.05, 3.63) is 35.6 Å². The topological polar surface area (TPSA) is 23.3 Å². The third kappa shape index (κ3) is 1.65. The summed E-state index contributed by atoms with van der Waals surface area (Å²) in [6.45, 7) is 0. The molecule has 2 heterocycles. The molecule has 2 saturated heterocycles. The van der Waals surface area contributed by atoms with Gasteiger partial charge in [0.1, 0.15) is 5.82 Å². The number of piperidine rings is 1. The van der Waals surface area contributed by atoms with Crippen LogP contribution in [0, 0.1) is 5.82 Å². The summed E-state index contributed by atoms with van der Waals surface area (Å²) in [6.07, 6.45) is 4.32. The molecule has 0 radical (unpaired) electrons. The molecule has 0 N–H and O–H groups in total. The van der Waals surface area contributed by atoms with Gasteiger partial charge in [-0.1, -0.05) is 18.6 Å². The maximum Gasteiger partial charge on any atom is 0.240 e. The molecule has 1 saturated carbocycles. The minimum Gasteiger partial charge on any atom is -0.328 e. The maximum atomic E-state index is 13.1. The maximum absolute atomic E-state index is 13.1. The summed E-state index contributed by atoms with van der Waals surface area (Å²) in [6, 6.07) is 7.33. The largest absolute Gasteiger partial charge is 0.328 e. The van der Waals surface area contributed by atoms with Crippen LogP contribution in [-0.4, -0.2) is 47.4 Å². The predicted molar refractivity (Wildman–Crippen MR) is 78.4 cm³/mol. The molecule has 1 spiro atoms. The Morgan fingerprint density at radius 1 is 1.29 bits per heavy atom. The van der Waals surface area contributed by atoms with Crippen molar-refractivity contribution in [2.45, 2.75) is 49.2 Å². The van der Waals surface area contributed by atoms with Crippen molar-refractivity contribution < 1.29 is 9.18 Å². The lowest BCUT2D eigenvalue weighted by Crippen LogP contribution is -2.41. The van der Waals surface area contributed by atoms with Gasteiger partial charge in [0, 0.05) is 5.92 Å². The monoisotopic (exact) mass is 288 g/mol. The van der Waals surface area contributed by atoms with Crippen molar-refractivity contribution in [3.8, 4) is 0 Å².